The predicted molar refractivity (Wildman–Crippen MR) is 117 cm³/mol. The quantitative estimate of drug-likeness (QED) is 0.760. The third-order valence-electron chi connectivity index (χ3n) is 7.20. The highest BCUT2D eigenvalue weighted by Crippen LogP contribution is 2.31. The van der Waals surface area contributed by atoms with E-state index in [2.05, 4.69) is 39.8 Å². The van der Waals surface area contributed by atoms with Crippen molar-refractivity contribution in [2.75, 3.05) is 31.1 Å². The van der Waals surface area contributed by atoms with Crippen LogP contribution < -0.4 is 4.90 Å². The van der Waals surface area contributed by atoms with Gasteiger partial charge in [0.05, 0.1) is 0 Å². The maximum Gasteiger partial charge on any atom is 0.123 e. The second kappa shape index (κ2) is 8.08. The van der Waals surface area contributed by atoms with E-state index in [0.717, 1.165) is 38.1 Å². The molecular weight excluding hydrogens is 361 g/mol. The minimum Gasteiger partial charge on any atom is -0.370 e. The van der Waals surface area contributed by atoms with E-state index in [9.17, 15) is 4.39 Å². The van der Waals surface area contributed by atoms with E-state index in [1.165, 1.54) is 61.3 Å². The highest BCUT2D eigenvalue weighted by atomic mass is 19.1. The summed E-state index contributed by atoms with van der Waals surface area (Å²) in [4.78, 5) is 7.81. The van der Waals surface area contributed by atoms with Gasteiger partial charge in [-0.1, -0.05) is 18.2 Å². The van der Waals surface area contributed by atoms with Crippen LogP contribution in [-0.4, -0.2) is 48.1 Å². The second-order valence-corrected chi connectivity index (χ2v) is 9.16. The summed E-state index contributed by atoms with van der Waals surface area (Å²) >= 11 is 0. The van der Waals surface area contributed by atoms with E-state index in [1.807, 2.05) is 12.1 Å². The van der Waals surface area contributed by atoms with Gasteiger partial charge in [-0.15, -0.1) is 0 Å². The zero-order valence-electron chi connectivity index (χ0n) is 17.5. The number of benzene rings is 2. The molecule has 0 aromatic heterocycles. The number of halogens is 1. The van der Waals surface area contributed by atoms with E-state index < -0.39 is 0 Å². The van der Waals surface area contributed by atoms with Crippen LogP contribution in [0.3, 0.4) is 0 Å². The predicted octanol–water partition coefficient (Wildman–Crippen LogP) is 4.45. The van der Waals surface area contributed by atoms with Gasteiger partial charge in [0, 0.05) is 50.5 Å². The monoisotopic (exact) mass is 393 g/mol. The van der Waals surface area contributed by atoms with Gasteiger partial charge in [-0.05, 0) is 80.1 Å². The fourth-order valence-electron chi connectivity index (χ4n) is 5.52. The van der Waals surface area contributed by atoms with Crippen molar-refractivity contribution in [3.63, 3.8) is 0 Å². The van der Waals surface area contributed by atoms with E-state index in [0.29, 0.717) is 0 Å². The van der Waals surface area contributed by atoms with Crippen molar-refractivity contribution < 1.29 is 4.39 Å². The first-order valence-corrected chi connectivity index (χ1v) is 11.2. The molecule has 2 aromatic rings. The zero-order valence-corrected chi connectivity index (χ0v) is 17.5. The van der Waals surface area contributed by atoms with Crippen molar-refractivity contribution in [2.24, 2.45) is 0 Å². The van der Waals surface area contributed by atoms with Gasteiger partial charge < -0.3 is 4.90 Å². The summed E-state index contributed by atoms with van der Waals surface area (Å²) < 4.78 is 13.1. The fraction of sp³-hybridized carbons (Fsp3) is 0.520. The third-order valence-corrected chi connectivity index (χ3v) is 7.20. The van der Waals surface area contributed by atoms with E-state index in [4.69, 9.17) is 0 Å². The average Bonchev–Trinajstić information content (AvgIpc) is 3.38. The Hall–Kier alpha value is -1.91. The first kappa shape index (κ1) is 19.1. The minimum absolute atomic E-state index is 0.159. The Labute approximate surface area is 174 Å². The van der Waals surface area contributed by atoms with Gasteiger partial charge in [0.1, 0.15) is 5.82 Å². The number of hydrogen-bond acceptors (Lipinski definition) is 3. The van der Waals surface area contributed by atoms with Gasteiger partial charge in [-0.25, -0.2) is 4.39 Å². The molecule has 0 bridgehead atoms. The Morgan fingerprint density at radius 2 is 1.83 bits per heavy atom. The van der Waals surface area contributed by atoms with Gasteiger partial charge in [0.2, 0.25) is 0 Å². The van der Waals surface area contributed by atoms with E-state index in [1.54, 1.807) is 12.1 Å². The number of anilines is 1. The number of likely N-dealkylation sites (tertiary alicyclic amines) is 1. The van der Waals surface area contributed by atoms with Crippen LogP contribution in [0.25, 0.3) is 0 Å². The molecule has 29 heavy (non-hydrogen) atoms. The lowest BCUT2D eigenvalue weighted by atomic mass is 9.98. The molecule has 0 radical (unpaired) electrons. The lowest BCUT2D eigenvalue weighted by Gasteiger charge is -2.31. The Kier molecular flexibility index (Phi) is 5.31. The molecule has 154 valence electrons. The average molecular weight is 394 g/mol. The Bertz CT molecular complexity index is 850. The molecule has 0 N–H and O–H groups in total. The maximum absolute atomic E-state index is 13.1. The van der Waals surface area contributed by atoms with Crippen LogP contribution in [0.2, 0.25) is 0 Å². The van der Waals surface area contributed by atoms with Gasteiger partial charge in [0.25, 0.3) is 0 Å². The highest BCUT2D eigenvalue weighted by Gasteiger charge is 2.33. The third kappa shape index (κ3) is 4.06. The fourth-order valence-corrected chi connectivity index (χ4v) is 5.52. The lowest BCUT2D eigenvalue weighted by Crippen LogP contribution is -2.39. The molecule has 2 fully saturated rings. The Morgan fingerprint density at radius 3 is 2.62 bits per heavy atom. The van der Waals surface area contributed by atoms with Crippen LogP contribution in [0, 0.1) is 5.82 Å². The zero-order chi connectivity index (χ0) is 19.8. The van der Waals surface area contributed by atoms with Gasteiger partial charge in [0.15, 0.2) is 0 Å². The van der Waals surface area contributed by atoms with Crippen molar-refractivity contribution >= 4 is 5.69 Å². The summed E-state index contributed by atoms with van der Waals surface area (Å²) in [6.07, 6.45) is 5.13. The minimum atomic E-state index is -0.159. The number of hydrogen-bond donors (Lipinski definition) is 0. The van der Waals surface area contributed by atoms with Crippen molar-refractivity contribution in [3.8, 4) is 0 Å². The van der Waals surface area contributed by atoms with Gasteiger partial charge in [-0.2, -0.15) is 0 Å². The molecule has 3 nitrogen and oxygen atoms in total. The molecule has 5 rings (SSSR count). The van der Waals surface area contributed by atoms with Crippen LogP contribution in [0.15, 0.2) is 42.5 Å². The molecule has 0 amide bonds. The first-order valence-electron chi connectivity index (χ1n) is 11.2. The molecule has 2 atom stereocenters. The van der Waals surface area contributed by atoms with Crippen molar-refractivity contribution in [3.05, 3.63) is 65.0 Å². The van der Waals surface area contributed by atoms with Crippen LogP contribution in [0.4, 0.5) is 10.1 Å². The Balaban J connectivity index is 1.23. The molecule has 2 aromatic carbocycles. The number of rotatable bonds is 4. The Morgan fingerprint density at radius 1 is 0.966 bits per heavy atom. The summed E-state index contributed by atoms with van der Waals surface area (Å²) in [7, 11) is 0. The van der Waals surface area contributed by atoms with Crippen LogP contribution in [0.1, 0.15) is 42.9 Å². The molecule has 2 saturated heterocycles. The normalized spacial score (nSPS) is 25.5. The van der Waals surface area contributed by atoms with Crippen LogP contribution in [-0.2, 0) is 19.5 Å². The first-order chi connectivity index (χ1) is 14.2. The smallest absolute Gasteiger partial charge is 0.123 e. The van der Waals surface area contributed by atoms with Crippen molar-refractivity contribution in [2.45, 2.75) is 57.8 Å². The number of fused-ring (bicyclic) bond motifs is 1. The van der Waals surface area contributed by atoms with Crippen LogP contribution in [0.5, 0.6) is 0 Å². The molecular formula is C25H32FN3. The summed E-state index contributed by atoms with van der Waals surface area (Å²) in [5.41, 5.74) is 5.55. The van der Waals surface area contributed by atoms with Gasteiger partial charge >= 0.3 is 0 Å². The number of nitrogens with zero attached hydrogens (tertiary/aromatic N) is 3. The summed E-state index contributed by atoms with van der Waals surface area (Å²) in [5.74, 6) is -0.159. The maximum atomic E-state index is 13.1. The molecule has 4 heteroatoms. The molecule has 3 aliphatic heterocycles. The van der Waals surface area contributed by atoms with E-state index in [-0.39, 0.29) is 5.82 Å². The van der Waals surface area contributed by atoms with Crippen molar-refractivity contribution in [1.82, 2.24) is 9.80 Å². The SMILES string of the molecule is C[C@H]1CCCN1[C@H]1CCN(c2ccc3c(c2)CCN(Cc2ccc(F)cc2)C3)C1. The summed E-state index contributed by atoms with van der Waals surface area (Å²) in [6, 6.07) is 15.5. The molecule has 0 saturated carbocycles. The summed E-state index contributed by atoms with van der Waals surface area (Å²) in [5, 5.41) is 0. The van der Waals surface area contributed by atoms with Crippen LogP contribution >= 0.6 is 0 Å². The van der Waals surface area contributed by atoms with E-state index >= 15 is 0 Å². The van der Waals surface area contributed by atoms with Gasteiger partial charge in [-0.3, -0.25) is 9.80 Å². The summed E-state index contributed by atoms with van der Waals surface area (Å²) in [6.45, 7) is 9.00. The largest absolute Gasteiger partial charge is 0.370 e. The van der Waals surface area contributed by atoms with Crippen molar-refractivity contribution in [1.29, 1.82) is 0 Å². The molecule has 0 aliphatic carbocycles. The molecule has 3 heterocycles. The molecule has 3 aliphatic rings. The lowest BCUT2D eigenvalue weighted by molar-refractivity contribution is 0.204. The molecule has 0 unspecified atom stereocenters. The molecule has 0 spiro atoms. The second-order valence-electron chi connectivity index (χ2n) is 9.16. The highest BCUT2D eigenvalue weighted by molar-refractivity contribution is 5.52. The topological polar surface area (TPSA) is 9.72 Å². The standard InChI is InChI=1S/C25H32FN3/c1-19-3-2-12-29(19)25-11-14-28(18-25)24-9-6-22-17-27(13-10-21(22)15-24)16-20-4-7-23(26)8-5-20/h4-9,15,19,25H,2-3,10-14,16-18H2,1H3/t19-,25-/m0/s1.